The number of fused-ring (bicyclic) bond motifs is 3. The third-order valence-electron chi connectivity index (χ3n) is 6.19. The van der Waals surface area contributed by atoms with Crippen LogP contribution < -0.4 is 5.32 Å². The number of nitrogens with one attached hydrogen (secondary N) is 1. The number of alkyl carbamates (subject to hydrolysis) is 1. The molecule has 0 bridgehead atoms. The molecule has 1 saturated heterocycles. The summed E-state index contributed by atoms with van der Waals surface area (Å²) < 4.78 is 11.3. The molecule has 34 heavy (non-hydrogen) atoms. The van der Waals surface area contributed by atoms with E-state index >= 15 is 0 Å². The average molecular weight is 465 g/mol. The van der Waals surface area contributed by atoms with Crippen molar-refractivity contribution in [1.29, 1.82) is 0 Å². The molecule has 2 aromatic rings. The predicted molar refractivity (Wildman–Crippen MR) is 125 cm³/mol. The molecule has 2 amide bonds. The van der Waals surface area contributed by atoms with Gasteiger partial charge >= 0.3 is 12.1 Å². The number of carboxylic acid groups (broad SMARTS) is 1. The summed E-state index contributed by atoms with van der Waals surface area (Å²) in [4.78, 5) is 37.2. The maximum atomic E-state index is 12.6. The molecule has 1 aliphatic carbocycles. The highest BCUT2D eigenvalue weighted by atomic mass is 16.5. The Bertz CT molecular complexity index is 1040. The quantitative estimate of drug-likeness (QED) is 0.553. The van der Waals surface area contributed by atoms with Gasteiger partial charge in [-0.3, -0.25) is 9.59 Å². The first kappa shape index (κ1) is 23.5. The molecule has 0 aromatic heterocycles. The summed E-state index contributed by atoms with van der Waals surface area (Å²) in [5.41, 5.74) is 4.61. The number of benzene rings is 2. The van der Waals surface area contributed by atoms with Crippen LogP contribution in [0, 0.1) is 0 Å². The Balaban J connectivity index is 1.26. The van der Waals surface area contributed by atoms with Crippen LogP contribution in [0.15, 0.2) is 61.2 Å². The number of ether oxygens (including phenoxy) is 2. The molecule has 8 nitrogen and oxygen atoms in total. The maximum Gasteiger partial charge on any atom is 0.407 e. The summed E-state index contributed by atoms with van der Waals surface area (Å²) in [5, 5.41) is 11.7. The van der Waals surface area contributed by atoms with Gasteiger partial charge in [0.15, 0.2) is 0 Å². The van der Waals surface area contributed by atoms with Crippen LogP contribution in [0.25, 0.3) is 11.1 Å². The highest BCUT2D eigenvalue weighted by Crippen LogP contribution is 2.44. The van der Waals surface area contributed by atoms with Crippen LogP contribution in [0.3, 0.4) is 0 Å². The van der Waals surface area contributed by atoms with E-state index in [1.807, 2.05) is 24.3 Å². The monoisotopic (exact) mass is 464 g/mol. The SMILES string of the molecule is C=CCN(CC(=O)O)C(=O)C1CCC(CNC(=O)OCC2c3ccccc3-c3ccccc32)O1. The van der Waals surface area contributed by atoms with Crippen molar-refractivity contribution in [3.8, 4) is 11.1 Å². The Morgan fingerprint density at radius 1 is 1.09 bits per heavy atom. The van der Waals surface area contributed by atoms with Crippen LogP contribution in [0.2, 0.25) is 0 Å². The smallest absolute Gasteiger partial charge is 0.407 e. The van der Waals surface area contributed by atoms with Gasteiger partial charge in [0.05, 0.1) is 6.10 Å². The van der Waals surface area contributed by atoms with E-state index in [2.05, 4.69) is 36.2 Å². The minimum absolute atomic E-state index is 0.0204. The molecule has 1 heterocycles. The van der Waals surface area contributed by atoms with Gasteiger partial charge in [0.25, 0.3) is 5.91 Å². The predicted octanol–water partition coefficient (Wildman–Crippen LogP) is 3.17. The van der Waals surface area contributed by atoms with Crippen LogP contribution in [-0.2, 0) is 19.1 Å². The Labute approximate surface area is 198 Å². The standard InChI is InChI=1S/C26H28N2O6/c1-2-13-28(15-24(29)30)25(31)23-12-11-17(34-23)14-27-26(32)33-16-22-20-9-5-3-7-18(20)19-8-4-6-10-21(19)22/h2-10,17,22-23H,1,11-16H2,(H,27,32)(H,29,30). The van der Waals surface area contributed by atoms with Crippen LogP contribution in [0.5, 0.6) is 0 Å². The first-order valence-corrected chi connectivity index (χ1v) is 11.3. The van der Waals surface area contributed by atoms with Gasteiger partial charge in [0, 0.05) is 19.0 Å². The van der Waals surface area contributed by atoms with Gasteiger partial charge in [-0.15, -0.1) is 6.58 Å². The minimum Gasteiger partial charge on any atom is -0.480 e. The third kappa shape index (κ3) is 5.12. The second-order valence-electron chi connectivity index (χ2n) is 8.43. The average Bonchev–Trinajstić information content (AvgIpc) is 3.43. The van der Waals surface area contributed by atoms with Crippen LogP contribution >= 0.6 is 0 Å². The van der Waals surface area contributed by atoms with E-state index < -0.39 is 24.7 Å². The van der Waals surface area contributed by atoms with E-state index in [9.17, 15) is 14.4 Å². The highest BCUT2D eigenvalue weighted by molar-refractivity contribution is 5.85. The number of carbonyl (C=O) groups excluding carboxylic acids is 2. The molecule has 2 atom stereocenters. The molecule has 1 fully saturated rings. The van der Waals surface area contributed by atoms with Gasteiger partial charge in [-0.25, -0.2) is 4.79 Å². The van der Waals surface area contributed by atoms with Gasteiger partial charge in [-0.1, -0.05) is 54.6 Å². The lowest BCUT2D eigenvalue weighted by Crippen LogP contribution is -2.42. The summed E-state index contributed by atoms with van der Waals surface area (Å²) in [6, 6.07) is 16.3. The Morgan fingerprint density at radius 2 is 1.74 bits per heavy atom. The first-order chi connectivity index (χ1) is 16.5. The summed E-state index contributed by atoms with van der Waals surface area (Å²) in [5.74, 6) is -1.50. The lowest BCUT2D eigenvalue weighted by Gasteiger charge is -2.23. The molecular formula is C26H28N2O6. The van der Waals surface area contributed by atoms with Crippen molar-refractivity contribution >= 4 is 18.0 Å². The topological polar surface area (TPSA) is 105 Å². The van der Waals surface area contributed by atoms with Crippen molar-refractivity contribution in [3.63, 3.8) is 0 Å². The molecule has 2 aliphatic rings. The fraction of sp³-hybridized carbons (Fsp3) is 0.346. The fourth-order valence-corrected chi connectivity index (χ4v) is 4.64. The van der Waals surface area contributed by atoms with Crippen molar-refractivity contribution in [2.75, 3.05) is 26.2 Å². The third-order valence-corrected chi connectivity index (χ3v) is 6.19. The minimum atomic E-state index is -1.10. The number of rotatable bonds is 9. The molecule has 4 rings (SSSR count). The van der Waals surface area contributed by atoms with Crippen LogP contribution in [-0.4, -0.2) is 66.4 Å². The number of carbonyl (C=O) groups is 3. The van der Waals surface area contributed by atoms with Crippen molar-refractivity contribution in [3.05, 3.63) is 72.3 Å². The number of amides is 2. The molecule has 2 aromatic carbocycles. The number of aliphatic carboxylic acids is 1. The Kier molecular flexibility index (Phi) is 7.27. The van der Waals surface area contributed by atoms with Crippen molar-refractivity contribution in [2.24, 2.45) is 0 Å². The zero-order valence-corrected chi connectivity index (χ0v) is 18.8. The molecule has 178 valence electrons. The first-order valence-electron chi connectivity index (χ1n) is 11.3. The van der Waals surface area contributed by atoms with Crippen LogP contribution in [0.4, 0.5) is 4.79 Å². The number of nitrogens with zero attached hydrogens (tertiary/aromatic N) is 1. The second kappa shape index (κ2) is 10.5. The second-order valence-corrected chi connectivity index (χ2v) is 8.43. The van der Waals surface area contributed by atoms with E-state index in [0.717, 1.165) is 22.3 Å². The summed E-state index contributed by atoms with van der Waals surface area (Å²) in [7, 11) is 0. The van der Waals surface area contributed by atoms with E-state index in [0.29, 0.717) is 12.8 Å². The molecule has 2 unspecified atom stereocenters. The van der Waals surface area contributed by atoms with Crippen molar-refractivity contribution in [1.82, 2.24) is 10.2 Å². The zero-order chi connectivity index (χ0) is 24.1. The summed E-state index contributed by atoms with van der Waals surface area (Å²) in [6.45, 7) is 3.72. The summed E-state index contributed by atoms with van der Waals surface area (Å²) >= 11 is 0. The van der Waals surface area contributed by atoms with Crippen LogP contribution in [0.1, 0.15) is 29.9 Å². The van der Waals surface area contributed by atoms with E-state index in [4.69, 9.17) is 14.6 Å². The van der Waals surface area contributed by atoms with E-state index in [-0.39, 0.29) is 37.6 Å². The molecule has 0 saturated carbocycles. The maximum absolute atomic E-state index is 12.6. The van der Waals surface area contributed by atoms with E-state index in [1.165, 1.54) is 11.0 Å². The fourth-order valence-electron chi connectivity index (χ4n) is 4.64. The van der Waals surface area contributed by atoms with Gasteiger partial charge in [-0.05, 0) is 35.1 Å². The lowest BCUT2D eigenvalue weighted by atomic mass is 9.98. The summed E-state index contributed by atoms with van der Waals surface area (Å²) in [6.07, 6.45) is 0.905. The van der Waals surface area contributed by atoms with E-state index in [1.54, 1.807) is 0 Å². The largest absolute Gasteiger partial charge is 0.480 e. The molecule has 0 spiro atoms. The zero-order valence-electron chi connectivity index (χ0n) is 18.8. The highest BCUT2D eigenvalue weighted by Gasteiger charge is 2.34. The molecule has 2 N–H and O–H groups in total. The van der Waals surface area contributed by atoms with Gasteiger partial charge in [0.1, 0.15) is 19.3 Å². The lowest BCUT2D eigenvalue weighted by molar-refractivity contribution is -0.149. The molecule has 8 heteroatoms. The molecule has 1 aliphatic heterocycles. The van der Waals surface area contributed by atoms with Crippen molar-refractivity contribution in [2.45, 2.75) is 31.0 Å². The van der Waals surface area contributed by atoms with Gasteiger partial charge in [0.2, 0.25) is 0 Å². The molecular weight excluding hydrogens is 436 g/mol. The Morgan fingerprint density at radius 3 is 2.35 bits per heavy atom. The van der Waals surface area contributed by atoms with Crippen molar-refractivity contribution < 1.29 is 29.0 Å². The number of carboxylic acids is 1. The van der Waals surface area contributed by atoms with Gasteiger partial charge < -0.3 is 24.8 Å². The Hall–Kier alpha value is -3.65. The number of hydrogen-bond acceptors (Lipinski definition) is 5. The normalized spacial score (nSPS) is 18.6. The number of hydrogen-bond donors (Lipinski definition) is 2. The van der Waals surface area contributed by atoms with Gasteiger partial charge in [-0.2, -0.15) is 0 Å². The molecule has 0 radical (unpaired) electrons.